The number of nitrogens with one attached hydrogen (secondary N) is 1. The number of aromatic nitrogens is 3. The summed E-state index contributed by atoms with van der Waals surface area (Å²) in [6.45, 7) is 3.10. The summed E-state index contributed by atoms with van der Waals surface area (Å²) in [5, 5.41) is 2.39. The van der Waals surface area contributed by atoms with Crippen LogP contribution in [-0.4, -0.2) is 42.0 Å². The van der Waals surface area contributed by atoms with Crippen LogP contribution in [-0.2, 0) is 4.79 Å². The van der Waals surface area contributed by atoms with Gasteiger partial charge in [0.25, 0.3) is 0 Å². The van der Waals surface area contributed by atoms with E-state index in [2.05, 4.69) is 20.3 Å². The van der Waals surface area contributed by atoms with E-state index in [1.165, 1.54) is 6.92 Å². The van der Waals surface area contributed by atoms with Gasteiger partial charge in [0.05, 0.1) is 0 Å². The van der Waals surface area contributed by atoms with Crippen molar-refractivity contribution in [1.82, 2.24) is 20.3 Å². The molecule has 0 radical (unpaired) electrons. The maximum absolute atomic E-state index is 12.5. The first-order valence-corrected chi connectivity index (χ1v) is 4.60. The second-order valence-corrected chi connectivity index (χ2v) is 3.15. The number of hydrogen-bond donors (Lipinski definition) is 1. The average Bonchev–Trinajstić information content (AvgIpc) is 2.17. The molecular formula is C9H16FN5O. The third kappa shape index (κ3) is 5.84. The molecular weight excluding hydrogens is 213 g/mol. The fourth-order valence-electron chi connectivity index (χ4n) is 0.636. The Balaban J connectivity index is 0.000000385. The number of carbonyl (C=O) groups excluding carboxylic acids is 1. The number of amides is 1. The van der Waals surface area contributed by atoms with E-state index in [-0.39, 0.29) is 5.91 Å². The van der Waals surface area contributed by atoms with Gasteiger partial charge in [-0.1, -0.05) is 0 Å². The standard InChI is InChI=1S/C6H9FN4.C3H7NO/c1-4-8-5(7)10-6(9-4)11(2)3;1-3(5)4-2/h1-3H3;1-2H3,(H,4,5). The Morgan fingerprint density at radius 2 is 1.81 bits per heavy atom. The Kier molecular flexibility index (Phi) is 5.91. The molecule has 0 saturated heterocycles. The third-order valence-corrected chi connectivity index (χ3v) is 1.46. The van der Waals surface area contributed by atoms with Crippen LogP contribution in [0.1, 0.15) is 12.7 Å². The van der Waals surface area contributed by atoms with Gasteiger partial charge in [0.15, 0.2) is 0 Å². The second-order valence-electron chi connectivity index (χ2n) is 3.15. The molecule has 1 aromatic rings. The fourth-order valence-corrected chi connectivity index (χ4v) is 0.636. The van der Waals surface area contributed by atoms with E-state index in [1.54, 1.807) is 33.0 Å². The Labute approximate surface area is 93.9 Å². The van der Waals surface area contributed by atoms with Gasteiger partial charge in [-0.05, 0) is 6.92 Å². The highest BCUT2D eigenvalue weighted by Crippen LogP contribution is 2.01. The van der Waals surface area contributed by atoms with E-state index >= 15 is 0 Å². The van der Waals surface area contributed by atoms with Crippen LogP contribution in [0.25, 0.3) is 0 Å². The van der Waals surface area contributed by atoms with Crippen molar-refractivity contribution in [3.63, 3.8) is 0 Å². The smallest absolute Gasteiger partial charge is 0.313 e. The first kappa shape index (κ1) is 14.2. The number of rotatable bonds is 1. The van der Waals surface area contributed by atoms with Gasteiger partial charge in [-0.15, -0.1) is 0 Å². The van der Waals surface area contributed by atoms with Crippen LogP contribution in [0, 0.1) is 13.0 Å². The van der Waals surface area contributed by atoms with Crippen molar-refractivity contribution in [2.75, 3.05) is 26.0 Å². The Morgan fingerprint density at radius 1 is 1.31 bits per heavy atom. The zero-order valence-corrected chi connectivity index (χ0v) is 10.1. The van der Waals surface area contributed by atoms with Gasteiger partial charge in [0.2, 0.25) is 11.9 Å². The highest BCUT2D eigenvalue weighted by atomic mass is 19.1. The van der Waals surface area contributed by atoms with Crippen LogP contribution in [0.2, 0.25) is 0 Å². The van der Waals surface area contributed by atoms with E-state index in [0.29, 0.717) is 11.8 Å². The van der Waals surface area contributed by atoms with E-state index in [0.717, 1.165) is 0 Å². The van der Waals surface area contributed by atoms with Crippen molar-refractivity contribution in [3.05, 3.63) is 11.9 Å². The van der Waals surface area contributed by atoms with Gasteiger partial charge in [0, 0.05) is 28.1 Å². The molecule has 0 aliphatic heterocycles. The Morgan fingerprint density at radius 3 is 2.12 bits per heavy atom. The molecule has 7 heteroatoms. The molecule has 0 spiro atoms. The van der Waals surface area contributed by atoms with Gasteiger partial charge in [-0.3, -0.25) is 4.79 Å². The second kappa shape index (κ2) is 6.65. The number of nitrogens with zero attached hydrogens (tertiary/aromatic N) is 4. The number of aryl methyl sites for hydroxylation is 1. The van der Waals surface area contributed by atoms with Crippen LogP contribution >= 0.6 is 0 Å². The van der Waals surface area contributed by atoms with Crippen LogP contribution in [0.5, 0.6) is 0 Å². The Bertz CT molecular complexity index is 336. The van der Waals surface area contributed by atoms with Crippen molar-refractivity contribution >= 4 is 11.9 Å². The molecule has 0 aliphatic rings. The molecule has 90 valence electrons. The molecule has 0 aromatic carbocycles. The molecule has 0 bridgehead atoms. The van der Waals surface area contributed by atoms with Crippen LogP contribution in [0.15, 0.2) is 0 Å². The van der Waals surface area contributed by atoms with Gasteiger partial charge < -0.3 is 10.2 Å². The molecule has 1 amide bonds. The summed E-state index contributed by atoms with van der Waals surface area (Å²) in [5.41, 5.74) is 0. The van der Waals surface area contributed by atoms with Gasteiger partial charge in [0.1, 0.15) is 5.82 Å². The summed E-state index contributed by atoms with van der Waals surface area (Å²) in [7, 11) is 5.09. The number of carbonyl (C=O) groups is 1. The van der Waals surface area contributed by atoms with Crippen molar-refractivity contribution < 1.29 is 9.18 Å². The van der Waals surface area contributed by atoms with Crippen molar-refractivity contribution in [3.8, 4) is 0 Å². The van der Waals surface area contributed by atoms with E-state index < -0.39 is 6.08 Å². The summed E-state index contributed by atoms with van der Waals surface area (Å²) >= 11 is 0. The minimum absolute atomic E-state index is 0.00463. The average molecular weight is 229 g/mol. The molecule has 0 aliphatic carbocycles. The molecule has 1 rings (SSSR count). The highest BCUT2D eigenvalue weighted by molar-refractivity contribution is 5.72. The predicted molar refractivity (Wildman–Crippen MR) is 58.6 cm³/mol. The fraction of sp³-hybridized carbons (Fsp3) is 0.556. The maximum atomic E-state index is 12.5. The number of anilines is 1. The van der Waals surface area contributed by atoms with Crippen molar-refractivity contribution in [2.45, 2.75) is 13.8 Å². The topological polar surface area (TPSA) is 71.0 Å². The normalized spacial score (nSPS) is 8.88. The summed E-state index contributed by atoms with van der Waals surface area (Å²) in [6, 6.07) is 0. The minimum atomic E-state index is -0.735. The SMILES string of the molecule is CNC(C)=O.Cc1nc(F)nc(N(C)C)n1. The minimum Gasteiger partial charge on any atom is -0.359 e. The lowest BCUT2D eigenvalue weighted by atomic mass is 10.7. The van der Waals surface area contributed by atoms with Gasteiger partial charge in [-0.2, -0.15) is 19.3 Å². The first-order valence-electron chi connectivity index (χ1n) is 4.60. The molecule has 0 fully saturated rings. The van der Waals surface area contributed by atoms with Crippen molar-refractivity contribution in [1.29, 1.82) is 0 Å². The molecule has 0 saturated carbocycles. The largest absolute Gasteiger partial charge is 0.359 e. The Hall–Kier alpha value is -1.79. The van der Waals surface area contributed by atoms with Crippen molar-refractivity contribution in [2.24, 2.45) is 0 Å². The molecule has 1 N–H and O–H groups in total. The number of halogens is 1. The number of hydrogen-bond acceptors (Lipinski definition) is 5. The lowest BCUT2D eigenvalue weighted by Crippen LogP contribution is -2.14. The van der Waals surface area contributed by atoms with Crippen LogP contribution < -0.4 is 10.2 Å². The molecule has 0 unspecified atom stereocenters. The molecule has 6 nitrogen and oxygen atoms in total. The summed E-state index contributed by atoms with van der Waals surface area (Å²) in [5.74, 6) is 0.737. The van der Waals surface area contributed by atoms with E-state index in [4.69, 9.17) is 0 Å². The highest BCUT2D eigenvalue weighted by Gasteiger charge is 2.03. The van der Waals surface area contributed by atoms with Crippen LogP contribution in [0.3, 0.4) is 0 Å². The van der Waals surface area contributed by atoms with Crippen LogP contribution in [0.4, 0.5) is 10.3 Å². The van der Waals surface area contributed by atoms with Gasteiger partial charge in [-0.25, -0.2) is 0 Å². The lowest BCUT2D eigenvalue weighted by Gasteiger charge is -2.08. The monoisotopic (exact) mass is 229 g/mol. The molecule has 16 heavy (non-hydrogen) atoms. The first-order chi connectivity index (χ1) is 7.36. The summed E-state index contributed by atoms with van der Waals surface area (Å²) in [6.07, 6.45) is -0.735. The van der Waals surface area contributed by atoms with Gasteiger partial charge >= 0.3 is 6.08 Å². The maximum Gasteiger partial charge on any atom is 0.313 e. The molecule has 1 heterocycles. The zero-order valence-electron chi connectivity index (χ0n) is 10.1. The van der Waals surface area contributed by atoms with E-state index in [9.17, 15) is 9.18 Å². The summed E-state index contributed by atoms with van der Waals surface area (Å²) in [4.78, 5) is 22.1. The molecule has 0 atom stereocenters. The third-order valence-electron chi connectivity index (χ3n) is 1.46. The summed E-state index contributed by atoms with van der Waals surface area (Å²) < 4.78 is 12.5. The predicted octanol–water partition coefficient (Wildman–Crippen LogP) is 0.137. The quantitative estimate of drug-likeness (QED) is 0.741. The lowest BCUT2D eigenvalue weighted by molar-refractivity contribution is -0.118. The van der Waals surface area contributed by atoms with E-state index in [1.807, 2.05) is 0 Å². The zero-order chi connectivity index (χ0) is 12.7. The molecule has 1 aromatic heterocycles.